The number of aliphatic hydroxyl groups is 4. The number of carbonyl (C=O) groups excluding carboxylic acids is 3. The van der Waals surface area contributed by atoms with Crippen molar-refractivity contribution in [3.8, 4) is 5.75 Å². The van der Waals surface area contributed by atoms with Gasteiger partial charge in [0.15, 0.2) is 11.4 Å². The lowest BCUT2D eigenvalue weighted by molar-refractivity contribution is -0.166. The summed E-state index contributed by atoms with van der Waals surface area (Å²) in [6, 6.07) is 16.3. The van der Waals surface area contributed by atoms with E-state index in [-0.39, 0.29) is 11.3 Å². The van der Waals surface area contributed by atoms with Crippen LogP contribution in [0.4, 0.5) is 0 Å². The van der Waals surface area contributed by atoms with Crippen molar-refractivity contribution >= 4 is 45.7 Å². The first kappa shape index (κ1) is 27.4. The fraction of sp³-hybridized carbons (Fsp3) is 0.219. The smallest absolute Gasteiger partial charge is 0.255 e. The average Bonchev–Trinajstić information content (AvgIpc) is 2.94. The maximum Gasteiger partial charge on any atom is 0.255 e. The molecule has 0 heterocycles. The van der Waals surface area contributed by atoms with E-state index < -0.39 is 69.7 Å². The van der Waals surface area contributed by atoms with Crippen molar-refractivity contribution in [2.24, 2.45) is 17.6 Å². The summed E-state index contributed by atoms with van der Waals surface area (Å²) in [4.78, 5) is 41.2. The Bertz CT molecular complexity index is 1820. The molecule has 6 rings (SSSR count). The summed E-state index contributed by atoms with van der Waals surface area (Å²) in [6.45, 7) is 0. The number of likely N-dealkylation sites (N-methyl/N-ethyl adjacent to an activating group) is 1. The van der Waals surface area contributed by atoms with Gasteiger partial charge in [0.1, 0.15) is 22.8 Å². The Labute approximate surface area is 239 Å². The zero-order valence-electron chi connectivity index (χ0n) is 22.6. The molecule has 3 aliphatic carbocycles. The number of benzene rings is 3. The molecule has 5 atom stereocenters. The van der Waals surface area contributed by atoms with Crippen molar-refractivity contribution in [1.29, 1.82) is 0 Å². The van der Waals surface area contributed by atoms with Gasteiger partial charge in [-0.3, -0.25) is 19.3 Å². The average molecular weight is 569 g/mol. The van der Waals surface area contributed by atoms with Gasteiger partial charge in [0.2, 0.25) is 5.78 Å². The molecule has 10 heteroatoms. The number of Topliss-reactive ketones (excluding diaryl/α,β-unsaturated/α-hetero) is 2. The van der Waals surface area contributed by atoms with Crippen LogP contribution in [-0.2, 0) is 14.4 Å². The van der Waals surface area contributed by atoms with E-state index in [1.165, 1.54) is 25.1 Å². The van der Waals surface area contributed by atoms with E-state index in [4.69, 9.17) is 5.73 Å². The first-order valence-corrected chi connectivity index (χ1v) is 13.2. The lowest BCUT2D eigenvalue weighted by Gasteiger charge is -2.53. The Kier molecular flexibility index (Phi) is 6.12. The van der Waals surface area contributed by atoms with Crippen LogP contribution in [0.2, 0.25) is 0 Å². The van der Waals surface area contributed by atoms with Gasteiger partial charge in [-0.1, -0.05) is 54.6 Å². The topological polar surface area (TPSA) is 182 Å². The molecule has 0 spiro atoms. The van der Waals surface area contributed by atoms with Crippen molar-refractivity contribution in [3.05, 3.63) is 94.3 Å². The molecule has 0 saturated heterocycles. The Balaban J connectivity index is 1.66. The molecule has 3 aliphatic rings. The van der Waals surface area contributed by atoms with Crippen LogP contribution in [0.15, 0.2) is 77.6 Å². The van der Waals surface area contributed by atoms with Crippen LogP contribution in [0.25, 0.3) is 28.2 Å². The van der Waals surface area contributed by atoms with E-state index in [9.17, 15) is 39.9 Å². The Morgan fingerprint density at radius 2 is 1.67 bits per heavy atom. The van der Waals surface area contributed by atoms with E-state index in [1.54, 1.807) is 18.2 Å². The molecule has 0 aromatic heterocycles. The van der Waals surface area contributed by atoms with Gasteiger partial charge >= 0.3 is 0 Å². The Morgan fingerprint density at radius 3 is 2.33 bits per heavy atom. The number of nitrogens with zero attached hydrogens (tertiary/aromatic N) is 1. The second-order valence-electron chi connectivity index (χ2n) is 11.1. The number of aromatic hydroxyl groups is 1. The number of phenols is 1. The van der Waals surface area contributed by atoms with E-state index in [0.717, 1.165) is 10.8 Å². The predicted molar refractivity (Wildman–Crippen MR) is 154 cm³/mol. The Hall–Kier alpha value is -4.77. The van der Waals surface area contributed by atoms with Crippen LogP contribution in [0.1, 0.15) is 16.7 Å². The number of aliphatic hydroxyl groups excluding tert-OH is 3. The lowest BCUT2D eigenvalue weighted by Crippen LogP contribution is -2.70. The van der Waals surface area contributed by atoms with E-state index in [0.29, 0.717) is 16.7 Å². The monoisotopic (exact) mass is 568 g/mol. The summed E-state index contributed by atoms with van der Waals surface area (Å²) in [7, 11) is 2.92. The van der Waals surface area contributed by atoms with Crippen molar-refractivity contribution in [2.75, 3.05) is 14.1 Å². The molecular formula is C32H28N2O8. The third-order valence-electron chi connectivity index (χ3n) is 8.63. The number of ketones is 2. The highest BCUT2D eigenvalue weighted by atomic mass is 16.4. The lowest BCUT2D eigenvalue weighted by atomic mass is 9.55. The molecule has 0 bridgehead atoms. The summed E-state index contributed by atoms with van der Waals surface area (Å²) in [6.07, 6.45) is -0.0253. The predicted octanol–water partition coefficient (Wildman–Crippen LogP) is 2.09. The number of rotatable bonds is 3. The minimum atomic E-state index is -2.98. The molecule has 214 valence electrons. The van der Waals surface area contributed by atoms with Gasteiger partial charge in [-0.15, -0.1) is 0 Å². The SMILES string of the molecule is CN(C)[C@H]1C(=O)C(C(N)=O)=C(O)[C@]2(O)C(=O)C3=C(O)c4c(O)cccc4/C(=C\c4ccc5ccccc5c4)[C@@H]3[C@@H](O)[C@H]12. The molecule has 1 fully saturated rings. The molecule has 1 amide bonds. The summed E-state index contributed by atoms with van der Waals surface area (Å²) in [5.74, 6) is -8.84. The largest absolute Gasteiger partial charge is 0.508 e. The molecule has 0 unspecified atom stereocenters. The molecular weight excluding hydrogens is 540 g/mol. The summed E-state index contributed by atoms with van der Waals surface area (Å²) in [5.41, 5.74) is 2.19. The summed E-state index contributed by atoms with van der Waals surface area (Å²) >= 11 is 0. The van der Waals surface area contributed by atoms with Gasteiger partial charge in [0.25, 0.3) is 5.91 Å². The highest BCUT2D eigenvalue weighted by Gasteiger charge is 2.68. The highest BCUT2D eigenvalue weighted by Crippen LogP contribution is 2.56. The van der Waals surface area contributed by atoms with Crippen LogP contribution in [0, 0.1) is 11.8 Å². The van der Waals surface area contributed by atoms with Crippen LogP contribution >= 0.6 is 0 Å². The highest BCUT2D eigenvalue weighted by molar-refractivity contribution is 6.25. The fourth-order valence-corrected chi connectivity index (χ4v) is 6.79. The van der Waals surface area contributed by atoms with E-state index in [1.807, 2.05) is 42.5 Å². The Morgan fingerprint density at radius 1 is 0.976 bits per heavy atom. The van der Waals surface area contributed by atoms with E-state index >= 15 is 0 Å². The second kappa shape index (κ2) is 9.38. The first-order valence-electron chi connectivity index (χ1n) is 13.2. The standard InChI is InChI=1S/C32H28N2O8/c1-34(2)25-24-27(37)21-18(13-14-10-11-15-6-3-4-7-16(15)12-14)17-8-5-9-19(35)20(17)26(36)22(21)29(39)32(24,42)30(40)23(28(25)38)31(33)41/h3-13,21,24-25,27,35-37,40,42H,1-2H3,(H2,33,41)/b18-13+/t21-,24-,25+,27+,32+/m0/s1. The summed E-state index contributed by atoms with van der Waals surface area (Å²) < 4.78 is 0. The molecule has 3 aromatic rings. The van der Waals surface area contributed by atoms with Gasteiger partial charge in [0.05, 0.1) is 29.2 Å². The fourth-order valence-electron chi connectivity index (χ4n) is 6.79. The number of amides is 1. The number of primary amides is 1. The molecule has 7 N–H and O–H groups in total. The van der Waals surface area contributed by atoms with Gasteiger partial charge in [-0.25, -0.2) is 0 Å². The first-order chi connectivity index (χ1) is 19.9. The van der Waals surface area contributed by atoms with Crippen LogP contribution < -0.4 is 5.73 Å². The maximum atomic E-state index is 14.3. The van der Waals surface area contributed by atoms with Crippen LogP contribution in [0.3, 0.4) is 0 Å². The molecule has 42 heavy (non-hydrogen) atoms. The van der Waals surface area contributed by atoms with Gasteiger partial charge in [-0.05, 0) is 53.7 Å². The number of fused-ring (bicyclic) bond motifs is 4. The maximum absolute atomic E-state index is 14.3. The minimum Gasteiger partial charge on any atom is -0.508 e. The van der Waals surface area contributed by atoms with Crippen molar-refractivity contribution < 1.29 is 39.9 Å². The number of hydrogen-bond acceptors (Lipinski definition) is 9. The summed E-state index contributed by atoms with van der Waals surface area (Å²) in [5, 5.41) is 59.1. The quantitative estimate of drug-likeness (QED) is 0.258. The number of nitrogens with two attached hydrogens (primary N) is 1. The second-order valence-corrected chi connectivity index (χ2v) is 11.1. The van der Waals surface area contributed by atoms with Crippen molar-refractivity contribution in [1.82, 2.24) is 4.90 Å². The molecule has 0 aliphatic heterocycles. The molecule has 3 aromatic carbocycles. The minimum absolute atomic E-state index is 0.104. The number of carbonyl (C=O) groups is 3. The van der Waals surface area contributed by atoms with Crippen LogP contribution in [0.5, 0.6) is 5.75 Å². The molecule has 10 nitrogen and oxygen atoms in total. The number of phenolic OH excluding ortho intramolecular Hbond substituents is 1. The zero-order valence-corrected chi connectivity index (χ0v) is 22.6. The van der Waals surface area contributed by atoms with Gasteiger partial charge in [-0.2, -0.15) is 0 Å². The normalized spacial score (nSPS) is 28.3. The van der Waals surface area contributed by atoms with E-state index in [2.05, 4.69) is 0 Å². The molecule has 1 saturated carbocycles. The zero-order chi connectivity index (χ0) is 30.2. The third kappa shape index (κ3) is 3.59. The van der Waals surface area contributed by atoms with Gasteiger partial charge in [0, 0.05) is 5.92 Å². The molecule has 0 radical (unpaired) electrons. The van der Waals surface area contributed by atoms with Gasteiger partial charge < -0.3 is 31.3 Å². The van der Waals surface area contributed by atoms with Crippen molar-refractivity contribution in [2.45, 2.75) is 17.7 Å². The number of hydrogen-bond donors (Lipinski definition) is 6. The third-order valence-corrected chi connectivity index (χ3v) is 8.63. The van der Waals surface area contributed by atoms with Crippen LogP contribution in [-0.4, -0.2) is 79.7 Å². The van der Waals surface area contributed by atoms with Crippen molar-refractivity contribution in [3.63, 3.8) is 0 Å².